The zero-order chi connectivity index (χ0) is 14.9. The quantitative estimate of drug-likeness (QED) is 0.790. The summed E-state index contributed by atoms with van der Waals surface area (Å²) < 4.78 is -0.418. The Kier molecular flexibility index (Phi) is 3.77. The average Bonchev–Trinajstić information content (AvgIpc) is 2.53. The van der Waals surface area contributed by atoms with Gasteiger partial charge in [0.25, 0.3) is 0 Å². The van der Waals surface area contributed by atoms with E-state index in [1.165, 1.54) is 5.56 Å². The van der Waals surface area contributed by atoms with E-state index in [2.05, 4.69) is 31.2 Å². The van der Waals surface area contributed by atoms with Crippen LogP contribution in [0, 0.1) is 0 Å². The fraction of sp³-hybridized carbons (Fsp3) is 0.278. The first-order valence-electron chi connectivity index (χ1n) is 7.27. The first-order valence-corrected chi connectivity index (χ1v) is 8.08. The topological polar surface area (TPSA) is 20.3 Å². The second-order valence-electron chi connectivity index (χ2n) is 5.43. The normalized spacial score (nSPS) is 24.8. The van der Waals surface area contributed by atoms with E-state index >= 15 is 0 Å². The van der Waals surface area contributed by atoms with Crippen LogP contribution in [0.3, 0.4) is 0 Å². The largest absolute Gasteiger partial charge is 0.333 e. The van der Waals surface area contributed by atoms with Crippen LogP contribution < -0.4 is 0 Å². The van der Waals surface area contributed by atoms with Gasteiger partial charge in [-0.05, 0) is 31.5 Å². The highest BCUT2D eigenvalue weighted by atomic mass is 32.2. The van der Waals surface area contributed by atoms with Crippen molar-refractivity contribution < 1.29 is 4.79 Å². The summed E-state index contributed by atoms with van der Waals surface area (Å²) in [6.45, 7) is 4.86. The van der Waals surface area contributed by atoms with Crippen LogP contribution in [0.1, 0.15) is 25.5 Å². The number of thioether (sulfide) groups is 1. The van der Waals surface area contributed by atoms with E-state index in [1.54, 1.807) is 11.8 Å². The molecule has 1 saturated heterocycles. The molecule has 2 atom stereocenters. The second-order valence-corrected chi connectivity index (χ2v) is 6.95. The summed E-state index contributed by atoms with van der Waals surface area (Å²) in [5.41, 5.74) is 1.21. The van der Waals surface area contributed by atoms with E-state index < -0.39 is 4.75 Å². The first-order chi connectivity index (χ1) is 10.2. The Morgan fingerprint density at radius 1 is 1.05 bits per heavy atom. The lowest BCUT2D eigenvalue weighted by atomic mass is 9.83. The summed E-state index contributed by atoms with van der Waals surface area (Å²) in [6.07, 6.45) is 0. The van der Waals surface area contributed by atoms with Crippen molar-refractivity contribution in [3.8, 4) is 0 Å². The zero-order valence-corrected chi connectivity index (χ0v) is 13.1. The van der Waals surface area contributed by atoms with Gasteiger partial charge >= 0.3 is 0 Å². The summed E-state index contributed by atoms with van der Waals surface area (Å²) in [5, 5.41) is 0. The molecule has 2 aromatic carbocycles. The van der Waals surface area contributed by atoms with Crippen molar-refractivity contribution in [3.63, 3.8) is 0 Å². The Bertz CT molecular complexity index is 628. The molecule has 1 heterocycles. The molecule has 0 spiro atoms. The van der Waals surface area contributed by atoms with E-state index in [9.17, 15) is 4.79 Å². The maximum absolute atomic E-state index is 12.6. The fourth-order valence-electron chi connectivity index (χ4n) is 3.04. The van der Waals surface area contributed by atoms with Crippen molar-refractivity contribution in [1.82, 2.24) is 4.90 Å². The van der Waals surface area contributed by atoms with Crippen molar-refractivity contribution in [2.75, 3.05) is 6.54 Å². The SMILES string of the molecule is CCN1C(=O)[C@@](C)(Sc2ccccc2)[C@H]1c1ccccc1. The summed E-state index contributed by atoms with van der Waals surface area (Å²) in [4.78, 5) is 15.7. The van der Waals surface area contributed by atoms with Crippen LogP contribution in [0.4, 0.5) is 0 Å². The molecule has 0 aromatic heterocycles. The molecule has 1 amide bonds. The fourth-order valence-corrected chi connectivity index (χ4v) is 4.41. The van der Waals surface area contributed by atoms with Crippen LogP contribution in [0.15, 0.2) is 65.6 Å². The van der Waals surface area contributed by atoms with Gasteiger partial charge in [0, 0.05) is 11.4 Å². The number of hydrogen-bond donors (Lipinski definition) is 0. The average molecular weight is 297 g/mol. The Balaban J connectivity index is 1.94. The first kappa shape index (κ1) is 14.2. The Morgan fingerprint density at radius 2 is 1.62 bits per heavy atom. The molecule has 1 aliphatic rings. The molecule has 2 aromatic rings. The highest BCUT2D eigenvalue weighted by Gasteiger charge is 2.57. The van der Waals surface area contributed by atoms with Crippen LogP contribution in [-0.2, 0) is 4.79 Å². The third kappa shape index (κ3) is 2.36. The number of likely N-dealkylation sites (tertiary alicyclic amines) is 1. The highest BCUT2D eigenvalue weighted by molar-refractivity contribution is 8.01. The molecule has 0 radical (unpaired) electrons. The maximum atomic E-state index is 12.6. The van der Waals surface area contributed by atoms with Crippen molar-refractivity contribution >= 4 is 17.7 Å². The molecule has 0 bridgehead atoms. The molecular formula is C18H19NOS. The van der Waals surface area contributed by atoms with Gasteiger partial charge in [-0.3, -0.25) is 4.79 Å². The predicted octanol–water partition coefficient (Wildman–Crippen LogP) is 4.14. The van der Waals surface area contributed by atoms with Gasteiger partial charge in [0.05, 0.1) is 6.04 Å². The molecule has 0 saturated carbocycles. The van der Waals surface area contributed by atoms with Crippen LogP contribution in [0.5, 0.6) is 0 Å². The van der Waals surface area contributed by atoms with Crippen molar-refractivity contribution in [3.05, 3.63) is 66.2 Å². The number of β-lactam (4-membered cyclic amide) rings is 1. The van der Waals surface area contributed by atoms with Gasteiger partial charge in [0.1, 0.15) is 4.75 Å². The molecule has 0 unspecified atom stereocenters. The summed E-state index contributed by atoms with van der Waals surface area (Å²) >= 11 is 1.67. The molecule has 3 rings (SSSR count). The van der Waals surface area contributed by atoms with Gasteiger partial charge in [-0.1, -0.05) is 48.5 Å². The number of rotatable bonds is 4. The molecule has 1 aliphatic heterocycles. The van der Waals surface area contributed by atoms with Crippen LogP contribution >= 0.6 is 11.8 Å². The lowest BCUT2D eigenvalue weighted by Gasteiger charge is -2.54. The standard InChI is InChI=1S/C18H19NOS/c1-3-19-16(14-10-6-4-7-11-14)18(2,17(19)20)21-15-12-8-5-9-13-15/h4-13,16H,3H2,1-2H3/t16-,18+/m1/s1. The zero-order valence-electron chi connectivity index (χ0n) is 12.3. The highest BCUT2D eigenvalue weighted by Crippen LogP contribution is 2.53. The van der Waals surface area contributed by atoms with Gasteiger partial charge in [-0.25, -0.2) is 0 Å². The molecule has 0 N–H and O–H groups in total. The maximum Gasteiger partial charge on any atom is 0.241 e. The van der Waals surface area contributed by atoms with Gasteiger partial charge in [0.15, 0.2) is 0 Å². The molecule has 2 nitrogen and oxygen atoms in total. The minimum Gasteiger partial charge on any atom is -0.333 e. The number of amides is 1. The lowest BCUT2D eigenvalue weighted by molar-refractivity contribution is -0.151. The number of carbonyl (C=O) groups is 1. The summed E-state index contributed by atoms with van der Waals surface area (Å²) in [7, 11) is 0. The number of benzene rings is 2. The monoisotopic (exact) mass is 297 g/mol. The third-order valence-electron chi connectivity index (χ3n) is 4.05. The predicted molar refractivity (Wildman–Crippen MR) is 87.3 cm³/mol. The van der Waals surface area contributed by atoms with Crippen LogP contribution in [-0.4, -0.2) is 22.1 Å². The second kappa shape index (κ2) is 5.57. The van der Waals surface area contributed by atoms with E-state index in [1.807, 2.05) is 48.2 Å². The van der Waals surface area contributed by atoms with E-state index in [-0.39, 0.29) is 11.9 Å². The molecule has 21 heavy (non-hydrogen) atoms. The van der Waals surface area contributed by atoms with E-state index in [4.69, 9.17) is 0 Å². The van der Waals surface area contributed by atoms with Gasteiger partial charge in [0.2, 0.25) is 5.91 Å². The van der Waals surface area contributed by atoms with Gasteiger partial charge < -0.3 is 4.90 Å². The number of nitrogens with zero attached hydrogens (tertiary/aromatic N) is 1. The molecular weight excluding hydrogens is 278 g/mol. The van der Waals surface area contributed by atoms with E-state index in [0.29, 0.717) is 0 Å². The van der Waals surface area contributed by atoms with Crippen molar-refractivity contribution in [1.29, 1.82) is 0 Å². The Labute approximate surface area is 130 Å². The minimum atomic E-state index is -0.418. The molecule has 108 valence electrons. The number of hydrogen-bond acceptors (Lipinski definition) is 2. The van der Waals surface area contributed by atoms with Gasteiger partial charge in [-0.2, -0.15) is 0 Å². The molecule has 0 aliphatic carbocycles. The Morgan fingerprint density at radius 3 is 2.19 bits per heavy atom. The van der Waals surface area contributed by atoms with Crippen molar-refractivity contribution in [2.45, 2.75) is 29.5 Å². The Hall–Kier alpha value is -1.74. The van der Waals surface area contributed by atoms with Gasteiger partial charge in [-0.15, -0.1) is 11.8 Å². The van der Waals surface area contributed by atoms with Crippen LogP contribution in [0.2, 0.25) is 0 Å². The lowest BCUT2D eigenvalue weighted by Crippen LogP contribution is -2.64. The summed E-state index contributed by atoms with van der Waals surface area (Å²) in [5.74, 6) is 0.229. The third-order valence-corrected chi connectivity index (χ3v) is 5.38. The number of carbonyl (C=O) groups excluding carboxylic acids is 1. The van der Waals surface area contributed by atoms with E-state index in [0.717, 1.165) is 11.4 Å². The minimum absolute atomic E-state index is 0.140. The van der Waals surface area contributed by atoms with Crippen molar-refractivity contribution in [2.24, 2.45) is 0 Å². The molecule has 3 heteroatoms. The van der Waals surface area contributed by atoms with Crippen LogP contribution in [0.25, 0.3) is 0 Å². The smallest absolute Gasteiger partial charge is 0.241 e. The summed E-state index contributed by atoms with van der Waals surface area (Å²) in [6, 6.07) is 20.6. The molecule has 1 fully saturated rings.